The lowest BCUT2D eigenvalue weighted by Gasteiger charge is -2.15. The van der Waals surface area contributed by atoms with Crippen molar-refractivity contribution < 1.29 is 9.47 Å². The van der Waals surface area contributed by atoms with E-state index in [0.717, 1.165) is 77.2 Å². The van der Waals surface area contributed by atoms with E-state index in [4.69, 9.17) is 29.4 Å². The molecule has 0 unspecified atom stereocenters. The Morgan fingerprint density at radius 3 is 1.80 bits per heavy atom. The van der Waals surface area contributed by atoms with E-state index in [-0.39, 0.29) is 0 Å². The van der Waals surface area contributed by atoms with Crippen LogP contribution in [0.1, 0.15) is 0 Å². The second-order valence-electron chi connectivity index (χ2n) is 11.3. The van der Waals surface area contributed by atoms with Gasteiger partial charge in [-0.05, 0) is 36.4 Å². The molecule has 0 saturated carbocycles. The number of fused-ring (bicyclic) bond motifs is 16. The molecule has 0 aliphatic carbocycles. The molecule has 6 bridgehead atoms. The Balaban J connectivity index is 1.45. The van der Waals surface area contributed by atoms with Crippen LogP contribution in [0.15, 0.2) is 105 Å². The van der Waals surface area contributed by atoms with Gasteiger partial charge in [0, 0.05) is 43.1 Å². The van der Waals surface area contributed by atoms with Gasteiger partial charge in [-0.1, -0.05) is 48.5 Å². The maximum Gasteiger partial charge on any atom is 0.146 e. The number of aromatic amines is 2. The lowest BCUT2D eigenvalue weighted by molar-refractivity contribution is 0.415. The predicted octanol–water partition coefficient (Wildman–Crippen LogP) is 5.51. The minimum absolute atomic E-state index is 0.494. The largest absolute Gasteiger partial charge is 0.497 e. The third kappa shape index (κ3) is 3.27. The fraction of sp³-hybridized carbons (Fsp3) is 0.0857. The standard InChI is InChI=1S/C35H24N8O2/c1-44-18-12-14-21-26(15-18)30-36-28-20-13-11-19(45-2)16-27(20)31(37-28)40-33-23-8-4-6-10-25(23)35-41-34-24-9-5-3-7-22(24)32(39-29(21)38-30)42(34)17-43(33)35/h3-16H,17H2,1-2H3,(H2,36,37,38,39,40). The molecule has 0 amide bonds. The summed E-state index contributed by atoms with van der Waals surface area (Å²) in [7, 11) is 3.34. The number of nitrogens with one attached hydrogen (secondary N) is 2. The Bertz CT molecular complexity index is 2830. The molecular weight excluding hydrogens is 564 g/mol. The molecule has 0 saturated heterocycles. The Hall–Kier alpha value is -6.16. The van der Waals surface area contributed by atoms with Gasteiger partial charge in [-0.25, -0.2) is 20.0 Å². The summed E-state index contributed by atoms with van der Waals surface area (Å²) < 4.78 is 15.6. The van der Waals surface area contributed by atoms with Gasteiger partial charge in [0.2, 0.25) is 0 Å². The molecule has 6 heterocycles. The van der Waals surface area contributed by atoms with Gasteiger partial charge in [-0.3, -0.25) is 9.13 Å². The van der Waals surface area contributed by atoms with Crippen LogP contribution in [0.5, 0.6) is 11.5 Å². The Kier molecular flexibility index (Phi) is 4.70. The summed E-state index contributed by atoms with van der Waals surface area (Å²) in [6, 6.07) is 28.5. The first kappa shape index (κ1) is 24.3. The smallest absolute Gasteiger partial charge is 0.146 e. The molecular formula is C35H24N8O2. The van der Waals surface area contributed by atoms with E-state index in [1.807, 2.05) is 60.7 Å². The van der Waals surface area contributed by atoms with Crippen molar-refractivity contribution >= 4 is 66.4 Å². The van der Waals surface area contributed by atoms with Gasteiger partial charge >= 0.3 is 0 Å². The zero-order valence-corrected chi connectivity index (χ0v) is 24.3. The number of nitrogens with zero attached hydrogens (tertiary/aromatic N) is 6. The zero-order chi connectivity index (χ0) is 29.8. The molecule has 8 aromatic rings. The Labute approximate surface area is 253 Å². The minimum atomic E-state index is 0.494. The van der Waals surface area contributed by atoms with Gasteiger partial charge in [0.25, 0.3) is 0 Å². The maximum absolute atomic E-state index is 5.62. The lowest BCUT2D eigenvalue weighted by atomic mass is 10.2. The van der Waals surface area contributed by atoms with E-state index >= 15 is 0 Å². The highest BCUT2D eigenvalue weighted by Crippen LogP contribution is 2.39. The first-order chi connectivity index (χ1) is 22.2. The second-order valence-corrected chi connectivity index (χ2v) is 11.3. The average molecular weight is 589 g/mol. The topological polar surface area (TPSA) is 109 Å². The SMILES string of the molecule is COc1ccc2c3[nH]c(c2c1)/N=c1/c2ccccc2c2n1Cn1c(c4ccccc4c1/N=c1\[nH]/c(c4cc(OC)ccc14)=N\3)N=2. The summed E-state index contributed by atoms with van der Waals surface area (Å²) in [5.41, 5.74) is 3.06. The number of aromatic nitrogens is 4. The summed E-state index contributed by atoms with van der Waals surface area (Å²) >= 11 is 0. The molecule has 2 N–H and O–H groups in total. The van der Waals surface area contributed by atoms with E-state index in [0.29, 0.717) is 29.3 Å². The van der Waals surface area contributed by atoms with Crippen molar-refractivity contribution in [1.29, 1.82) is 0 Å². The van der Waals surface area contributed by atoms with Gasteiger partial charge in [0.15, 0.2) is 0 Å². The van der Waals surface area contributed by atoms with Crippen LogP contribution in [0.3, 0.4) is 0 Å². The summed E-state index contributed by atoms with van der Waals surface area (Å²) in [5, 5.41) is 7.80. The molecule has 216 valence electrons. The highest BCUT2D eigenvalue weighted by atomic mass is 16.5. The number of ether oxygens (including phenoxy) is 2. The molecule has 4 aromatic carbocycles. The van der Waals surface area contributed by atoms with Gasteiger partial charge < -0.3 is 19.4 Å². The highest BCUT2D eigenvalue weighted by molar-refractivity contribution is 6.02. The fourth-order valence-electron chi connectivity index (χ4n) is 6.80. The van der Waals surface area contributed by atoms with Crippen molar-refractivity contribution in [3.8, 4) is 11.5 Å². The Morgan fingerprint density at radius 1 is 0.511 bits per heavy atom. The summed E-state index contributed by atoms with van der Waals surface area (Å²) in [6.07, 6.45) is 0. The van der Waals surface area contributed by atoms with Gasteiger partial charge in [-0.15, -0.1) is 0 Å². The number of rotatable bonds is 2. The zero-order valence-electron chi connectivity index (χ0n) is 24.3. The van der Waals surface area contributed by atoms with Crippen LogP contribution in [-0.2, 0) is 6.67 Å². The molecule has 0 spiro atoms. The second kappa shape index (κ2) is 8.70. The number of hydrogen-bond donors (Lipinski definition) is 2. The lowest BCUT2D eigenvalue weighted by Crippen LogP contribution is -2.32. The van der Waals surface area contributed by atoms with Crippen molar-refractivity contribution in [3.05, 3.63) is 107 Å². The molecule has 0 atom stereocenters. The third-order valence-corrected chi connectivity index (χ3v) is 8.94. The van der Waals surface area contributed by atoms with Gasteiger partial charge in [0.05, 0.1) is 14.2 Å². The van der Waals surface area contributed by atoms with E-state index < -0.39 is 0 Å². The van der Waals surface area contributed by atoms with Crippen LogP contribution in [0.4, 0.5) is 23.3 Å². The molecule has 10 heteroatoms. The molecule has 0 fully saturated rings. The van der Waals surface area contributed by atoms with E-state index in [2.05, 4.69) is 43.4 Å². The summed E-state index contributed by atoms with van der Waals surface area (Å²) in [5.74, 6) is 4.53. The van der Waals surface area contributed by atoms with Gasteiger partial charge in [-0.2, -0.15) is 0 Å². The van der Waals surface area contributed by atoms with Crippen LogP contribution in [0.2, 0.25) is 0 Å². The molecule has 4 aromatic heterocycles. The maximum atomic E-state index is 5.62. The van der Waals surface area contributed by atoms with Crippen molar-refractivity contribution in [2.45, 2.75) is 6.67 Å². The first-order valence-corrected chi connectivity index (χ1v) is 14.7. The number of benzene rings is 4. The summed E-state index contributed by atoms with van der Waals surface area (Å²) in [6.45, 7) is 0.494. The van der Waals surface area contributed by atoms with E-state index in [1.165, 1.54) is 0 Å². The van der Waals surface area contributed by atoms with Crippen LogP contribution < -0.4 is 31.4 Å². The molecule has 2 aliphatic heterocycles. The molecule has 10 nitrogen and oxygen atoms in total. The number of hydrogen-bond acceptors (Lipinski definition) is 6. The van der Waals surface area contributed by atoms with E-state index in [9.17, 15) is 0 Å². The van der Waals surface area contributed by atoms with Crippen LogP contribution >= 0.6 is 0 Å². The Morgan fingerprint density at radius 2 is 1.09 bits per heavy atom. The normalized spacial score (nSPS) is 15.6. The van der Waals surface area contributed by atoms with Crippen molar-refractivity contribution in [1.82, 2.24) is 19.1 Å². The fourth-order valence-corrected chi connectivity index (χ4v) is 6.80. The quantitative estimate of drug-likeness (QED) is 0.278. The summed E-state index contributed by atoms with van der Waals surface area (Å²) in [4.78, 5) is 28.2. The first-order valence-electron chi connectivity index (χ1n) is 14.7. The van der Waals surface area contributed by atoms with E-state index in [1.54, 1.807) is 14.2 Å². The molecule has 10 rings (SSSR count). The predicted molar refractivity (Wildman–Crippen MR) is 172 cm³/mol. The highest BCUT2D eigenvalue weighted by Gasteiger charge is 2.24. The van der Waals surface area contributed by atoms with Crippen molar-refractivity contribution in [2.75, 3.05) is 14.2 Å². The average Bonchev–Trinajstić information content (AvgIpc) is 3.79. The minimum Gasteiger partial charge on any atom is -0.497 e. The van der Waals surface area contributed by atoms with Crippen LogP contribution in [0.25, 0.3) is 43.1 Å². The van der Waals surface area contributed by atoms with Crippen LogP contribution in [-0.4, -0.2) is 33.3 Å². The van der Waals surface area contributed by atoms with Crippen molar-refractivity contribution in [2.24, 2.45) is 20.0 Å². The van der Waals surface area contributed by atoms with Gasteiger partial charge in [0.1, 0.15) is 63.4 Å². The monoisotopic (exact) mass is 588 g/mol. The van der Waals surface area contributed by atoms with Crippen LogP contribution in [0, 0.1) is 0 Å². The van der Waals surface area contributed by atoms with Crippen molar-refractivity contribution in [3.63, 3.8) is 0 Å². The molecule has 2 aliphatic rings. The molecule has 0 radical (unpaired) electrons. The molecule has 45 heavy (non-hydrogen) atoms. The third-order valence-electron chi connectivity index (χ3n) is 8.94. The number of methoxy groups -OCH3 is 2. The number of H-pyrrole nitrogens is 2.